The number of ether oxygens (including phenoxy) is 1. The molecule has 13 heavy (non-hydrogen) atoms. The van der Waals surface area contributed by atoms with E-state index in [1.165, 1.54) is 12.1 Å². The largest absolute Gasteiger partial charge is 0.423 e. The average molecular weight is 225 g/mol. The van der Waals surface area contributed by atoms with Gasteiger partial charge in [0, 0.05) is 26.2 Å². The van der Waals surface area contributed by atoms with Crippen LogP contribution in [0, 0.1) is 0 Å². The van der Waals surface area contributed by atoms with Crippen LogP contribution in [0.4, 0.5) is 0 Å². The third-order valence-corrected chi connectivity index (χ3v) is 5.05. The summed E-state index contributed by atoms with van der Waals surface area (Å²) in [5.74, 6) is 0.762. The van der Waals surface area contributed by atoms with Gasteiger partial charge in [-0.05, 0) is 31.9 Å². The van der Waals surface area contributed by atoms with Crippen LogP contribution >= 0.6 is 11.6 Å². The van der Waals surface area contributed by atoms with Gasteiger partial charge in [0.15, 0.2) is 9.04 Å². The van der Waals surface area contributed by atoms with Gasteiger partial charge >= 0.3 is 0 Å². The predicted molar refractivity (Wildman–Crippen MR) is 60.2 cm³/mol. The van der Waals surface area contributed by atoms with Gasteiger partial charge in [-0.1, -0.05) is 0 Å². The van der Waals surface area contributed by atoms with Crippen LogP contribution in [0.1, 0.15) is 19.8 Å². The van der Waals surface area contributed by atoms with Gasteiger partial charge in [-0.25, -0.2) is 0 Å². The lowest BCUT2D eigenvalue weighted by Gasteiger charge is -2.11. The minimum atomic E-state index is -0.938. The summed E-state index contributed by atoms with van der Waals surface area (Å²) in [5, 5.41) is 0. The molecule has 0 bridgehead atoms. The van der Waals surface area contributed by atoms with Gasteiger partial charge in [0.2, 0.25) is 0 Å². The molecule has 0 aromatic rings. The van der Waals surface area contributed by atoms with Crippen molar-refractivity contribution in [2.24, 2.45) is 0 Å². The Morgan fingerprint density at radius 2 is 1.92 bits per heavy atom. The number of rotatable bonds is 9. The predicted octanol–water partition coefficient (Wildman–Crippen LogP) is 2.41. The molecule has 4 heteroatoms. The maximum Gasteiger partial charge on any atom is 0.176 e. The minimum Gasteiger partial charge on any atom is -0.423 e. The molecule has 0 aromatic carbocycles. The minimum absolute atomic E-state index is 0.762. The van der Waals surface area contributed by atoms with E-state index in [9.17, 15) is 0 Å². The zero-order valence-electron chi connectivity index (χ0n) is 8.72. The van der Waals surface area contributed by atoms with E-state index in [1.54, 1.807) is 0 Å². The van der Waals surface area contributed by atoms with Crippen LogP contribution in [0.3, 0.4) is 0 Å². The summed E-state index contributed by atoms with van der Waals surface area (Å²) < 4.78 is 10.7. The molecule has 1 atom stereocenters. The third kappa shape index (κ3) is 8.75. The van der Waals surface area contributed by atoms with Gasteiger partial charge in [-0.15, -0.1) is 11.6 Å². The molecule has 1 unspecified atom stereocenters. The average Bonchev–Trinajstić information content (AvgIpc) is 2.17. The Balaban J connectivity index is 3.25. The molecule has 0 N–H and O–H groups in total. The van der Waals surface area contributed by atoms with Crippen molar-refractivity contribution in [3.8, 4) is 0 Å². The fourth-order valence-corrected chi connectivity index (χ4v) is 3.70. The Morgan fingerprint density at radius 1 is 1.23 bits per heavy atom. The zero-order chi connectivity index (χ0) is 9.94. The molecule has 0 aliphatic carbocycles. The fourth-order valence-electron chi connectivity index (χ4n) is 1.24. The molecule has 0 rings (SSSR count). The van der Waals surface area contributed by atoms with E-state index >= 15 is 0 Å². The summed E-state index contributed by atoms with van der Waals surface area (Å²) in [6.45, 7) is 3.73. The highest BCUT2D eigenvalue weighted by Crippen LogP contribution is 2.07. The Kier molecular flexibility index (Phi) is 10.9. The maximum absolute atomic E-state index is 5.63. The van der Waals surface area contributed by atoms with Gasteiger partial charge in [0.25, 0.3) is 0 Å². The summed E-state index contributed by atoms with van der Waals surface area (Å²) in [6.07, 6.45) is 2.24. The normalized spacial score (nSPS) is 13.2. The molecule has 0 aliphatic rings. The maximum atomic E-state index is 5.63. The van der Waals surface area contributed by atoms with Crippen LogP contribution in [-0.2, 0) is 9.16 Å². The van der Waals surface area contributed by atoms with Crippen LogP contribution in [0.25, 0.3) is 0 Å². The second kappa shape index (κ2) is 10.5. The lowest BCUT2D eigenvalue weighted by Crippen LogP contribution is -2.16. The van der Waals surface area contributed by atoms with E-state index in [1.807, 2.05) is 14.0 Å². The number of alkyl halides is 1. The molecular formula is C9H21ClO2Si. The monoisotopic (exact) mass is 224 g/mol. The van der Waals surface area contributed by atoms with Crippen molar-refractivity contribution < 1.29 is 9.16 Å². The van der Waals surface area contributed by atoms with Gasteiger partial charge in [-0.2, -0.15) is 0 Å². The molecular weight excluding hydrogens is 204 g/mol. The topological polar surface area (TPSA) is 18.5 Å². The first-order valence-corrected chi connectivity index (χ1v) is 7.65. The van der Waals surface area contributed by atoms with Gasteiger partial charge < -0.3 is 9.16 Å². The number of hydrogen-bond acceptors (Lipinski definition) is 2. The molecule has 2 nitrogen and oxygen atoms in total. The molecule has 0 aromatic heterocycles. The third-order valence-electron chi connectivity index (χ3n) is 2.01. The molecule has 0 fully saturated rings. The molecule has 0 spiro atoms. The first kappa shape index (κ1) is 13.4. The lowest BCUT2D eigenvalue weighted by atomic mass is 10.5. The molecule has 0 heterocycles. The Morgan fingerprint density at radius 3 is 2.46 bits per heavy atom. The van der Waals surface area contributed by atoms with Crippen molar-refractivity contribution in [2.75, 3.05) is 26.2 Å². The Bertz CT molecular complexity index is 104. The Hall–Kier alpha value is 0.427. The molecule has 0 aliphatic heterocycles. The summed E-state index contributed by atoms with van der Waals surface area (Å²) >= 11 is 5.63. The summed E-state index contributed by atoms with van der Waals surface area (Å²) in [4.78, 5) is 0. The van der Waals surface area contributed by atoms with E-state index in [0.717, 1.165) is 31.9 Å². The van der Waals surface area contributed by atoms with E-state index in [2.05, 4.69) is 0 Å². The molecule has 0 saturated heterocycles. The second-order valence-electron chi connectivity index (χ2n) is 3.03. The van der Waals surface area contributed by atoms with Gasteiger partial charge in [0.05, 0.1) is 0 Å². The van der Waals surface area contributed by atoms with Gasteiger partial charge in [-0.3, -0.25) is 0 Å². The molecule has 0 radical (unpaired) electrons. The summed E-state index contributed by atoms with van der Waals surface area (Å²) in [6, 6.07) is 2.42. The summed E-state index contributed by atoms with van der Waals surface area (Å²) in [5.41, 5.74) is 0. The van der Waals surface area contributed by atoms with E-state index in [-0.39, 0.29) is 0 Å². The molecule has 80 valence electrons. The second-order valence-corrected chi connectivity index (χ2v) is 6.28. The van der Waals surface area contributed by atoms with Crippen LogP contribution < -0.4 is 0 Å². The zero-order valence-corrected chi connectivity index (χ0v) is 10.6. The van der Waals surface area contributed by atoms with Crippen LogP contribution in [0.15, 0.2) is 0 Å². The number of hydrogen-bond donors (Lipinski definition) is 0. The van der Waals surface area contributed by atoms with Crippen LogP contribution in [0.5, 0.6) is 0 Å². The fraction of sp³-hybridized carbons (Fsp3) is 1.00. The van der Waals surface area contributed by atoms with Crippen molar-refractivity contribution in [1.29, 1.82) is 0 Å². The standard InChI is InChI=1S/C9H21ClO2Si/c1-3-12-7-5-9-13(11-2)8-4-6-10/h13H,3-9H2,1-2H3. The quantitative estimate of drug-likeness (QED) is 0.340. The smallest absolute Gasteiger partial charge is 0.176 e. The van der Waals surface area contributed by atoms with Crippen LogP contribution in [-0.4, -0.2) is 35.2 Å². The van der Waals surface area contributed by atoms with Crippen molar-refractivity contribution >= 4 is 20.6 Å². The number of halogens is 1. The van der Waals surface area contributed by atoms with Crippen molar-refractivity contribution in [3.63, 3.8) is 0 Å². The molecule has 0 saturated carbocycles. The van der Waals surface area contributed by atoms with Gasteiger partial charge in [0.1, 0.15) is 0 Å². The van der Waals surface area contributed by atoms with Crippen LogP contribution in [0.2, 0.25) is 12.1 Å². The van der Waals surface area contributed by atoms with Crippen molar-refractivity contribution in [3.05, 3.63) is 0 Å². The van der Waals surface area contributed by atoms with Crippen molar-refractivity contribution in [1.82, 2.24) is 0 Å². The molecule has 0 amide bonds. The first-order valence-electron chi connectivity index (χ1n) is 5.01. The Labute approximate surface area is 88.3 Å². The highest BCUT2D eigenvalue weighted by Gasteiger charge is 2.08. The first-order chi connectivity index (χ1) is 6.35. The lowest BCUT2D eigenvalue weighted by molar-refractivity contribution is 0.147. The van der Waals surface area contributed by atoms with E-state index < -0.39 is 9.04 Å². The van der Waals surface area contributed by atoms with E-state index in [4.69, 9.17) is 20.8 Å². The SMILES string of the molecule is CCOCCC[SiH](CCCCl)OC. The van der Waals surface area contributed by atoms with E-state index in [0.29, 0.717) is 0 Å². The summed E-state index contributed by atoms with van der Waals surface area (Å²) in [7, 11) is 0.888. The highest BCUT2D eigenvalue weighted by atomic mass is 35.5. The van der Waals surface area contributed by atoms with Crippen molar-refractivity contribution in [2.45, 2.75) is 31.9 Å². The highest BCUT2D eigenvalue weighted by molar-refractivity contribution is 6.51.